The van der Waals surface area contributed by atoms with E-state index in [1.54, 1.807) is 14.2 Å². The standard InChI is InChI=1S/C20H26N4O4S/c1-4-16-21-20-24(22-16)19(26)18(29-20)17(23-9-7-13(25)8-10-23)12-5-6-14(27-2)15(11-12)28-3/h5-6,11,13,17,25-26H,4,7-10H2,1-3H3/t17-/m1/s1. The van der Waals surface area contributed by atoms with Gasteiger partial charge in [-0.2, -0.15) is 4.52 Å². The first-order chi connectivity index (χ1) is 14.0. The lowest BCUT2D eigenvalue weighted by Crippen LogP contribution is -2.38. The molecule has 0 radical (unpaired) electrons. The molecule has 2 aromatic heterocycles. The largest absolute Gasteiger partial charge is 0.493 e. The number of hydrogen-bond acceptors (Lipinski definition) is 8. The van der Waals surface area contributed by atoms with E-state index in [0.717, 1.165) is 23.5 Å². The predicted molar refractivity (Wildman–Crippen MR) is 110 cm³/mol. The van der Waals surface area contributed by atoms with Gasteiger partial charge in [-0.1, -0.05) is 24.3 Å². The molecule has 1 atom stereocenters. The van der Waals surface area contributed by atoms with Crippen LogP contribution in [0.15, 0.2) is 18.2 Å². The third-order valence-electron chi connectivity index (χ3n) is 5.40. The Labute approximate surface area is 173 Å². The molecule has 1 aliphatic rings. The van der Waals surface area contributed by atoms with Crippen LogP contribution < -0.4 is 9.47 Å². The second-order valence-electron chi connectivity index (χ2n) is 7.15. The number of likely N-dealkylation sites (tertiary alicyclic amines) is 1. The first-order valence-corrected chi connectivity index (χ1v) is 10.6. The zero-order chi connectivity index (χ0) is 20.5. The monoisotopic (exact) mass is 418 g/mol. The maximum absolute atomic E-state index is 11.0. The summed E-state index contributed by atoms with van der Waals surface area (Å²) in [5.41, 5.74) is 0.981. The summed E-state index contributed by atoms with van der Waals surface area (Å²) < 4.78 is 12.4. The van der Waals surface area contributed by atoms with E-state index in [1.165, 1.54) is 15.9 Å². The molecule has 0 amide bonds. The molecule has 3 aromatic rings. The molecule has 1 saturated heterocycles. The Morgan fingerprint density at radius 1 is 1.21 bits per heavy atom. The first kappa shape index (κ1) is 19.9. The lowest BCUT2D eigenvalue weighted by Gasteiger charge is -2.36. The topological polar surface area (TPSA) is 92.4 Å². The number of thiazole rings is 1. The number of nitrogens with zero attached hydrogens (tertiary/aromatic N) is 4. The molecule has 0 bridgehead atoms. The number of aliphatic hydroxyl groups excluding tert-OH is 1. The average Bonchev–Trinajstić information content (AvgIpc) is 3.28. The van der Waals surface area contributed by atoms with Gasteiger partial charge < -0.3 is 19.7 Å². The maximum Gasteiger partial charge on any atom is 0.230 e. The zero-order valence-corrected chi connectivity index (χ0v) is 17.6. The van der Waals surface area contributed by atoms with Crippen molar-refractivity contribution in [2.24, 2.45) is 0 Å². The Balaban J connectivity index is 1.81. The van der Waals surface area contributed by atoms with Crippen LogP contribution in [0.3, 0.4) is 0 Å². The molecule has 1 fully saturated rings. The van der Waals surface area contributed by atoms with Crippen molar-refractivity contribution < 1.29 is 19.7 Å². The Hall–Kier alpha value is -2.36. The second kappa shape index (κ2) is 8.17. The van der Waals surface area contributed by atoms with Crippen LogP contribution in [0.25, 0.3) is 4.96 Å². The molecular weight excluding hydrogens is 392 g/mol. The van der Waals surface area contributed by atoms with Crippen molar-refractivity contribution in [3.63, 3.8) is 0 Å². The maximum atomic E-state index is 11.0. The van der Waals surface area contributed by atoms with Gasteiger partial charge in [0.1, 0.15) is 0 Å². The van der Waals surface area contributed by atoms with E-state index in [0.29, 0.717) is 41.5 Å². The van der Waals surface area contributed by atoms with Gasteiger partial charge in [-0.15, -0.1) is 5.10 Å². The highest BCUT2D eigenvalue weighted by atomic mass is 32.1. The average molecular weight is 419 g/mol. The van der Waals surface area contributed by atoms with Gasteiger partial charge in [-0.05, 0) is 30.5 Å². The van der Waals surface area contributed by atoms with E-state index in [9.17, 15) is 10.2 Å². The number of hydrogen-bond donors (Lipinski definition) is 2. The summed E-state index contributed by atoms with van der Waals surface area (Å²) >= 11 is 1.44. The summed E-state index contributed by atoms with van der Waals surface area (Å²) in [6.07, 6.45) is 1.84. The van der Waals surface area contributed by atoms with E-state index in [-0.39, 0.29) is 18.0 Å². The fourth-order valence-corrected chi connectivity index (χ4v) is 4.95. The number of aliphatic hydroxyl groups is 1. The molecule has 2 N–H and O–H groups in total. The smallest absolute Gasteiger partial charge is 0.230 e. The molecule has 0 aliphatic carbocycles. The van der Waals surface area contributed by atoms with Gasteiger partial charge in [0.25, 0.3) is 0 Å². The van der Waals surface area contributed by atoms with Crippen molar-refractivity contribution in [2.45, 2.75) is 38.3 Å². The normalized spacial score (nSPS) is 17.0. The molecule has 3 heterocycles. The molecule has 4 rings (SSSR count). The van der Waals surface area contributed by atoms with Crippen LogP contribution in [0, 0.1) is 0 Å². The lowest BCUT2D eigenvalue weighted by atomic mass is 9.99. The molecule has 1 aromatic carbocycles. The molecule has 8 nitrogen and oxygen atoms in total. The van der Waals surface area contributed by atoms with Crippen molar-refractivity contribution in [3.8, 4) is 17.4 Å². The number of ether oxygens (including phenoxy) is 2. The van der Waals surface area contributed by atoms with Crippen molar-refractivity contribution >= 4 is 16.3 Å². The van der Waals surface area contributed by atoms with Crippen LogP contribution in [0.2, 0.25) is 0 Å². The van der Waals surface area contributed by atoms with Crippen LogP contribution >= 0.6 is 11.3 Å². The Morgan fingerprint density at radius 2 is 1.93 bits per heavy atom. The van der Waals surface area contributed by atoms with E-state index >= 15 is 0 Å². The summed E-state index contributed by atoms with van der Waals surface area (Å²) in [4.78, 5) is 8.25. The third-order valence-corrected chi connectivity index (χ3v) is 6.47. The highest BCUT2D eigenvalue weighted by Gasteiger charge is 2.32. The highest BCUT2D eigenvalue weighted by molar-refractivity contribution is 7.17. The minimum atomic E-state index is -0.277. The SMILES string of the molecule is CCc1nc2sc([C@@H](c3ccc(OC)c(OC)c3)N3CCC(O)CC3)c(O)n2n1. The van der Waals surface area contributed by atoms with E-state index in [2.05, 4.69) is 15.0 Å². The number of aromatic hydroxyl groups is 1. The molecule has 156 valence electrons. The second-order valence-corrected chi connectivity index (χ2v) is 8.16. The van der Waals surface area contributed by atoms with Crippen LogP contribution in [-0.4, -0.2) is 63.1 Å². The number of piperidine rings is 1. The summed E-state index contributed by atoms with van der Waals surface area (Å²) in [5.74, 6) is 2.12. The number of aryl methyl sites for hydroxylation is 1. The van der Waals surface area contributed by atoms with Gasteiger partial charge in [0.15, 0.2) is 17.3 Å². The van der Waals surface area contributed by atoms with E-state index < -0.39 is 0 Å². The summed E-state index contributed by atoms with van der Waals surface area (Å²) in [6.45, 7) is 3.45. The lowest BCUT2D eigenvalue weighted by molar-refractivity contribution is 0.0689. The van der Waals surface area contributed by atoms with Crippen molar-refractivity contribution in [1.29, 1.82) is 0 Å². The number of benzene rings is 1. The number of aromatic nitrogens is 3. The Kier molecular flexibility index (Phi) is 5.62. The number of methoxy groups -OCH3 is 2. The molecular formula is C20H26N4O4S. The molecule has 1 aliphatic heterocycles. The third kappa shape index (κ3) is 3.65. The summed E-state index contributed by atoms with van der Waals surface area (Å²) in [5, 5.41) is 25.3. The van der Waals surface area contributed by atoms with Gasteiger partial charge >= 0.3 is 0 Å². The van der Waals surface area contributed by atoms with Gasteiger partial charge in [0, 0.05) is 19.5 Å². The van der Waals surface area contributed by atoms with E-state index in [1.807, 2.05) is 25.1 Å². The van der Waals surface area contributed by atoms with Gasteiger partial charge in [-0.3, -0.25) is 4.90 Å². The van der Waals surface area contributed by atoms with E-state index in [4.69, 9.17) is 9.47 Å². The molecule has 9 heteroatoms. The quantitative estimate of drug-likeness (QED) is 0.636. The molecule has 29 heavy (non-hydrogen) atoms. The molecule has 0 unspecified atom stereocenters. The predicted octanol–water partition coefficient (Wildman–Crippen LogP) is 2.62. The van der Waals surface area contributed by atoms with Crippen molar-refractivity contribution in [3.05, 3.63) is 34.5 Å². The fourth-order valence-electron chi connectivity index (χ4n) is 3.81. The van der Waals surface area contributed by atoms with Crippen molar-refractivity contribution in [1.82, 2.24) is 19.5 Å². The molecule has 0 saturated carbocycles. The van der Waals surface area contributed by atoms with Crippen LogP contribution in [0.5, 0.6) is 17.4 Å². The summed E-state index contributed by atoms with van der Waals surface area (Å²) in [6, 6.07) is 5.62. The van der Waals surface area contributed by atoms with Gasteiger partial charge in [-0.25, -0.2) is 4.98 Å². The van der Waals surface area contributed by atoms with Gasteiger partial charge in [0.2, 0.25) is 10.8 Å². The first-order valence-electron chi connectivity index (χ1n) is 9.77. The number of rotatable bonds is 6. The number of fused-ring (bicyclic) bond motifs is 1. The summed E-state index contributed by atoms with van der Waals surface area (Å²) in [7, 11) is 3.22. The van der Waals surface area contributed by atoms with Crippen LogP contribution in [0.4, 0.5) is 0 Å². The zero-order valence-electron chi connectivity index (χ0n) is 16.8. The van der Waals surface area contributed by atoms with Crippen LogP contribution in [0.1, 0.15) is 42.1 Å². The van der Waals surface area contributed by atoms with Gasteiger partial charge in [0.05, 0.1) is 31.2 Å². The minimum Gasteiger partial charge on any atom is -0.493 e. The Bertz CT molecular complexity index is 994. The molecule has 0 spiro atoms. The minimum absolute atomic E-state index is 0.114. The highest BCUT2D eigenvalue weighted by Crippen LogP contribution is 2.42. The Morgan fingerprint density at radius 3 is 2.55 bits per heavy atom. The van der Waals surface area contributed by atoms with Crippen molar-refractivity contribution in [2.75, 3.05) is 27.3 Å². The fraction of sp³-hybridized carbons (Fsp3) is 0.500. The van der Waals surface area contributed by atoms with Crippen LogP contribution in [-0.2, 0) is 6.42 Å².